The number of hydrogen-bond donors (Lipinski definition) is 2. The van der Waals surface area contributed by atoms with Crippen LogP contribution in [0.2, 0.25) is 5.02 Å². The highest BCUT2D eigenvalue weighted by molar-refractivity contribution is 6.31. The Balaban J connectivity index is 1.99. The summed E-state index contributed by atoms with van der Waals surface area (Å²) >= 11 is 5.83. The molecule has 0 aliphatic rings. The summed E-state index contributed by atoms with van der Waals surface area (Å²) in [4.78, 5) is 25.0. The summed E-state index contributed by atoms with van der Waals surface area (Å²) in [5.41, 5.74) is 0.602. The van der Waals surface area contributed by atoms with Crippen LogP contribution in [-0.2, 0) is 4.79 Å². The third-order valence-electron chi connectivity index (χ3n) is 3.18. The van der Waals surface area contributed by atoms with Crippen molar-refractivity contribution in [2.75, 3.05) is 26.0 Å². The number of nitrogens with one attached hydrogen (secondary N) is 1. The minimum Gasteiger partial charge on any atom is -0.507 e. The van der Waals surface area contributed by atoms with E-state index in [1.54, 1.807) is 38.4 Å². The highest BCUT2D eigenvalue weighted by Gasteiger charge is 2.12. The lowest BCUT2D eigenvalue weighted by molar-refractivity contribution is -0.130. The molecule has 0 unspecified atom stereocenters. The van der Waals surface area contributed by atoms with E-state index in [2.05, 4.69) is 5.32 Å². The zero-order valence-corrected chi connectivity index (χ0v) is 14.0. The molecular weight excluding hydrogens is 332 g/mol. The number of hydrogen-bond acceptors (Lipinski definition) is 4. The second kappa shape index (κ2) is 7.70. The topological polar surface area (TPSA) is 78.9 Å². The third-order valence-corrected chi connectivity index (χ3v) is 3.41. The predicted molar refractivity (Wildman–Crippen MR) is 91.7 cm³/mol. The minimum absolute atomic E-state index is 0.0604. The van der Waals surface area contributed by atoms with Crippen LogP contribution in [0, 0.1) is 0 Å². The van der Waals surface area contributed by atoms with Crippen molar-refractivity contribution in [2.24, 2.45) is 0 Å². The summed E-state index contributed by atoms with van der Waals surface area (Å²) in [5, 5.41) is 12.7. The number of aromatic hydroxyl groups is 1. The van der Waals surface area contributed by atoms with Crippen molar-refractivity contribution in [3.8, 4) is 11.5 Å². The van der Waals surface area contributed by atoms with Crippen LogP contribution in [-0.4, -0.2) is 42.5 Å². The summed E-state index contributed by atoms with van der Waals surface area (Å²) < 4.78 is 5.35. The first-order valence-electron chi connectivity index (χ1n) is 7.09. The van der Waals surface area contributed by atoms with Gasteiger partial charge in [0.15, 0.2) is 6.61 Å². The Kier molecular flexibility index (Phi) is 5.65. The summed E-state index contributed by atoms with van der Waals surface area (Å²) in [6.07, 6.45) is 0. The molecule has 0 fully saturated rings. The Morgan fingerprint density at radius 1 is 1.17 bits per heavy atom. The molecule has 2 aromatic rings. The number of carbonyl (C=O) groups excluding carboxylic acids is 2. The maximum Gasteiger partial charge on any atom is 0.259 e. The monoisotopic (exact) mass is 348 g/mol. The number of nitrogens with zero attached hydrogens (tertiary/aromatic N) is 1. The molecule has 0 spiro atoms. The minimum atomic E-state index is -0.480. The van der Waals surface area contributed by atoms with Crippen LogP contribution in [0.3, 0.4) is 0 Å². The molecule has 0 saturated carbocycles. The van der Waals surface area contributed by atoms with E-state index in [9.17, 15) is 14.7 Å². The van der Waals surface area contributed by atoms with Crippen molar-refractivity contribution in [1.29, 1.82) is 0 Å². The molecule has 0 aromatic heterocycles. The van der Waals surface area contributed by atoms with Gasteiger partial charge in [0, 0.05) is 24.8 Å². The molecule has 7 heteroatoms. The summed E-state index contributed by atoms with van der Waals surface area (Å²) in [5.74, 6) is -0.275. The van der Waals surface area contributed by atoms with Crippen molar-refractivity contribution in [1.82, 2.24) is 4.90 Å². The molecule has 2 N–H and O–H groups in total. The lowest BCUT2D eigenvalue weighted by atomic mass is 10.2. The number of amides is 2. The van der Waals surface area contributed by atoms with Gasteiger partial charge < -0.3 is 20.1 Å². The molecule has 2 amide bonds. The van der Waals surface area contributed by atoms with E-state index in [0.717, 1.165) is 0 Å². The zero-order chi connectivity index (χ0) is 17.7. The van der Waals surface area contributed by atoms with Gasteiger partial charge in [-0.3, -0.25) is 9.59 Å². The fourth-order valence-electron chi connectivity index (χ4n) is 1.80. The van der Waals surface area contributed by atoms with E-state index >= 15 is 0 Å². The largest absolute Gasteiger partial charge is 0.507 e. The van der Waals surface area contributed by atoms with Crippen molar-refractivity contribution in [3.05, 3.63) is 53.1 Å². The van der Waals surface area contributed by atoms with Gasteiger partial charge >= 0.3 is 0 Å². The van der Waals surface area contributed by atoms with Crippen molar-refractivity contribution in [3.63, 3.8) is 0 Å². The molecule has 0 atom stereocenters. The molecule has 2 rings (SSSR count). The summed E-state index contributed by atoms with van der Waals surface area (Å²) in [6, 6.07) is 10.8. The number of carbonyl (C=O) groups is 2. The van der Waals surface area contributed by atoms with Gasteiger partial charge in [-0.25, -0.2) is 0 Å². The van der Waals surface area contributed by atoms with E-state index in [1.165, 1.54) is 23.1 Å². The van der Waals surface area contributed by atoms with Gasteiger partial charge in [-0.2, -0.15) is 0 Å². The van der Waals surface area contributed by atoms with Gasteiger partial charge in [0.2, 0.25) is 0 Å². The maximum atomic E-state index is 12.2. The van der Waals surface area contributed by atoms with Crippen molar-refractivity contribution >= 4 is 29.1 Å². The van der Waals surface area contributed by atoms with Crippen molar-refractivity contribution in [2.45, 2.75) is 0 Å². The number of rotatable bonds is 5. The van der Waals surface area contributed by atoms with Gasteiger partial charge in [-0.05, 0) is 42.5 Å². The average molecular weight is 349 g/mol. The Hall–Kier alpha value is -2.73. The van der Waals surface area contributed by atoms with Crippen LogP contribution in [0.5, 0.6) is 11.5 Å². The number of phenolic OH excluding ortho intramolecular Hbond substituents is 1. The van der Waals surface area contributed by atoms with E-state index < -0.39 is 5.91 Å². The fraction of sp³-hybridized carbons (Fsp3) is 0.176. The second-order valence-corrected chi connectivity index (χ2v) is 5.65. The Bertz CT molecular complexity index is 745. The highest BCUT2D eigenvalue weighted by atomic mass is 35.5. The number of benzene rings is 2. The molecule has 6 nitrogen and oxygen atoms in total. The van der Waals surface area contributed by atoms with Crippen LogP contribution in [0.15, 0.2) is 42.5 Å². The van der Waals surface area contributed by atoms with E-state index in [1.807, 2.05) is 0 Å². The van der Waals surface area contributed by atoms with Gasteiger partial charge in [0.1, 0.15) is 11.5 Å². The quantitative estimate of drug-likeness (QED) is 0.870. The first-order valence-corrected chi connectivity index (χ1v) is 7.47. The standard InChI is InChI=1S/C17H17ClN2O4/c1-20(2)16(22)10-24-13-6-4-12(5-7-13)19-17(23)14-9-11(18)3-8-15(14)21/h3-9,21H,10H2,1-2H3,(H,19,23). The van der Waals surface area contributed by atoms with Gasteiger partial charge in [0.05, 0.1) is 5.56 Å². The fourth-order valence-corrected chi connectivity index (χ4v) is 1.97. The smallest absolute Gasteiger partial charge is 0.259 e. The molecule has 0 aliphatic carbocycles. The second-order valence-electron chi connectivity index (χ2n) is 5.22. The zero-order valence-electron chi connectivity index (χ0n) is 13.2. The third kappa shape index (κ3) is 4.63. The maximum absolute atomic E-state index is 12.2. The summed E-state index contributed by atoms with van der Waals surface area (Å²) in [7, 11) is 3.30. The molecule has 0 aliphatic heterocycles. The van der Waals surface area contributed by atoms with Crippen LogP contribution in [0.4, 0.5) is 5.69 Å². The van der Waals surface area contributed by atoms with Crippen LogP contribution in [0.1, 0.15) is 10.4 Å². The Labute approximate surface area is 144 Å². The number of likely N-dealkylation sites (N-methyl/N-ethyl adjacent to an activating group) is 1. The molecule has 126 valence electrons. The number of ether oxygens (including phenoxy) is 1. The van der Waals surface area contributed by atoms with E-state index in [4.69, 9.17) is 16.3 Å². The molecule has 0 radical (unpaired) electrons. The number of halogens is 1. The number of phenols is 1. The molecule has 0 bridgehead atoms. The van der Waals surface area contributed by atoms with Gasteiger partial charge in [-0.15, -0.1) is 0 Å². The Morgan fingerprint density at radius 3 is 2.46 bits per heavy atom. The molecule has 2 aromatic carbocycles. The SMILES string of the molecule is CN(C)C(=O)COc1ccc(NC(=O)c2cc(Cl)ccc2O)cc1. The molecule has 0 heterocycles. The van der Waals surface area contributed by atoms with Crippen LogP contribution >= 0.6 is 11.6 Å². The lowest BCUT2D eigenvalue weighted by Crippen LogP contribution is -2.27. The van der Waals surface area contributed by atoms with E-state index in [-0.39, 0.29) is 23.8 Å². The molecule has 0 saturated heterocycles. The first-order chi connectivity index (χ1) is 11.4. The van der Waals surface area contributed by atoms with E-state index in [0.29, 0.717) is 16.5 Å². The van der Waals surface area contributed by atoms with Crippen LogP contribution < -0.4 is 10.1 Å². The van der Waals surface area contributed by atoms with Crippen LogP contribution in [0.25, 0.3) is 0 Å². The normalized spacial score (nSPS) is 10.1. The van der Waals surface area contributed by atoms with Crippen molar-refractivity contribution < 1.29 is 19.4 Å². The van der Waals surface area contributed by atoms with Gasteiger partial charge in [0.25, 0.3) is 11.8 Å². The number of anilines is 1. The highest BCUT2D eigenvalue weighted by Crippen LogP contribution is 2.23. The molecular formula is C17H17ClN2O4. The molecule has 24 heavy (non-hydrogen) atoms. The first kappa shape index (κ1) is 17.6. The predicted octanol–water partition coefficient (Wildman–Crippen LogP) is 2.76. The average Bonchev–Trinajstić information content (AvgIpc) is 2.55. The Morgan fingerprint density at radius 2 is 1.83 bits per heavy atom. The lowest BCUT2D eigenvalue weighted by Gasteiger charge is -2.12. The summed E-state index contributed by atoms with van der Waals surface area (Å²) in [6.45, 7) is -0.0604. The van der Waals surface area contributed by atoms with Gasteiger partial charge in [-0.1, -0.05) is 11.6 Å².